The molecular weight excluding hydrogens is 174 g/mol. The quantitative estimate of drug-likeness (QED) is 0.748. The van der Waals surface area contributed by atoms with Gasteiger partial charge >= 0.3 is 0 Å². The molecule has 1 heterocycles. The first-order valence-electron chi connectivity index (χ1n) is 4.36. The van der Waals surface area contributed by atoms with Crippen LogP contribution in [0.25, 0.3) is 0 Å². The number of nitrogens with two attached hydrogens (primary N) is 1. The fourth-order valence-electron chi connectivity index (χ4n) is 1.28. The van der Waals surface area contributed by atoms with Crippen molar-refractivity contribution in [3.05, 3.63) is 24.0 Å². The standard InChI is InChI=1S/C9H14F2N2/c10-9(11)4-7-13-6-1-2-8(13)3-5-12/h1-2,6,9H,3-5,7,12H2. The first-order chi connectivity index (χ1) is 6.24. The minimum atomic E-state index is -2.23. The highest BCUT2D eigenvalue weighted by molar-refractivity contribution is 5.07. The first-order valence-corrected chi connectivity index (χ1v) is 4.36. The smallest absolute Gasteiger partial charge is 0.240 e. The van der Waals surface area contributed by atoms with Gasteiger partial charge in [-0.15, -0.1) is 0 Å². The Balaban J connectivity index is 2.49. The number of hydrogen-bond donors (Lipinski definition) is 1. The van der Waals surface area contributed by atoms with Gasteiger partial charge < -0.3 is 10.3 Å². The van der Waals surface area contributed by atoms with Crippen molar-refractivity contribution >= 4 is 0 Å². The Kier molecular flexibility index (Phi) is 3.89. The Morgan fingerprint density at radius 2 is 2.23 bits per heavy atom. The van der Waals surface area contributed by atoms with E-state index in [0.717, 1.165) is 12.1 Å². The molecule has 0 atom stereocenters. The molecule has 0 aliphatic heterocycles. The Morgan fingerprint density at radius 1 is 1.46 bits per heavy atom. The summed E-state index contributed by atoms with van der Waals surface area (Å²) in [5.41, 5.74) is 6.41. The summed E-state index contributed by atoms with van der Waals surface area (Å²) in [6, 6.07) is 3.77. The average Bonchev–Trinajstić information content (AvgIpc) is 2.49. The fourth-order valence-corrected chi connectivity index (χ4v) is 1.28. The summed E-state index contributed by atoms with van der Waals surface area (Å²) in [5, 5.41) is 0. The third-order valence-corrected chi connectivity index (χ3v) is 1.91. The predicted molar refractivity (Wildman–Crippen MR) is 47.8 cm³/mol. The van der Waals surface area contributed by atoms with Gasteiger partial charge in [-0.3, -0.25) is 0 Å². The van der Waals surface area contributed by atoms with Crippen molar-refractivity contribution in [1.82, 2.24) is 4.57 Å². The number of aromatic nitrogens is 1. The molecule has 1 aromatic rings. The number of hydrogen-bond acceptors (Lipinski definition) is 1. The molecule has 0 saturated heterocycles. The molecule has 0 bridgehead atoms. The van der Waals surface area contributed by atoms with E-state index >= 15 is 0 Å². The van der Waals surface area contributed by atoms with E-state index in [9.17, 15) is 8.78 Å². The average molecular weight is 188 g/mol. The van der Waals surface area contributed by atoms with Gasteiger partial charge in [0.1, 0.15) is 0 Å². The largest absolute Gasteiger partial charge is 0.351 e. The van der Waals surface area contributed by atoms with Crippen LogP contribution in [0.4, 0.5) is 8.78 Å². The maximum absolute atomic E-state index is 11.9. The summed E-state index contributed by atoms with van der Waals surface area (Å²) in [6.07, 6.45) is 0.240. The number of nitrogens with zero attached hydrogens (tertiary/aromatic N) is 1. The molecule has 0 unspecified atom stereocenters. The lowest BCUT2D eigenvalue weighted by Crippen LogP contribution is -2.10. The number of rotatable bonds is 5. The zero-order valence-corrected chi connectivity index (χ0v) is 7.42. The summed E-state index contributed by atoms with van der Waals surface area (Å²) in [5.74, 6) is 0. The molecule has 0 aromatic carbocycles. The van der Waals surface area contributed by atoms with E-state index in [0.29, 0.717) is 13.1 Å². The summed E-state index contributed by atoms with van der Waals surface area (Å²) in [6.45, 7) is 0.929. The van der Waals surface area contributed by atoms with Crippen molar-refractivity contribution in [3.8, 4) is 0 Å². The number of alkyl halides is 2. The van der Waals surface area contributed by atoms with Crippen molar-refractivity contribution < 1.29 is 8.78 Å². The molecule has 0 saturated carbocycles. The minimum Gasteiger partial charge on any atom is -0.351 e. The molecule has 0 spiro atoms. The van der Waals surface area contributed by atoms with E-state index in [-0.39, 0.29) is 6.42 Å². The van der Waals surface area contributed by atoms with Crippen LogP contribution >= 0.6 is 0 Å². The van der Waals surface area contributed by atoms with E-state index < -0.39 is 6.43 Å². The summed E-state index contributed by atoms with van der Waals surface area (Å²) in [4.78, 5) is 0. The van der Waals surface area contributed by atoms with E-state index in [2.05, 4.69) is 0 Å². The summed E-state index contributed by atoms with van der Waals surface area (Å²) in [7, 11) is 0. The van der Waals surface area contributed by atoms with Crippen LogP contribution in [0, 0.1) is 0 Å². The molecule has 4 heteroatoms. The molecule has 0 amide bonds. The Hall–Kier alpha value is -0.900. The second kappa shape index (κ2) is 4.97. The molecule has 1 aromatic heterocycles. The van der Waals surface area contributed by atoms with Crippen molar-refractivity contribution in [1.29, 1.82) is 0 Å². The fraction of sp³-hybridized carbons (Fsp3) is 0.556. The van der Waals surface area contributed by atoms with Gasteiger partial charge in [0.2, 0.25) is 6.43 Å². The van der Waals surface area contributed by atoms with Gasteiger partial charge in [-0.25, -0.2) is 8.78 Å². The highest BCUT2D eigenvalue weighted by Gasteiger charge is 2.04. The first kappa shape index (κ1) is 10.2. The molecule has 0 fully saturated rings. The third kappa shape index (κ3) is 3.14. The summed E-state index contributed by atoms with van der Waals surface area (Å²) >= 11 is 0. The van der Waals surface area contributed by atoms with E-state index in [1.165, 1.54) is 0 Å². The van der Waals surface area contributed by atoms with Crippen molar-refractivity contribution in [2.75, 3.05) is 6.54 Å². The van der Waals surface area contributed by atoms with Gasteiger partial charge in [0.25, 0.3) is 0 Å². The second-order valence-corrected chi connectivity index (χ2v) is 2.91. The van der Waals surface area contributed by atoms with Crippen LogP contribution in [0.5, 0.6) is 0 Å². The highest BCUT2D eigenvalue weighted by atomic mass is 19.3. The molecule has 2 N–H and O–H groups in total. The molecule has 13 heavy (non-hydrogen) atoms. The Labute approximate surface area is 76.3 Å². The van der Waals surface area contributed by atoms with Gasteiger partial charge in [0, 0.05) is 24.9 Å². The van der Waals surface area contributed by atoms with Crippen LogP contribution in [-0.4, -0.2) is 17.5 Å². The molecule has 0 aliphatic carbocycles. The van der Waals surface area contributed by atoms with Crippen LogP contribution in [0.15, 0.2) is 18.3 Å². The van der Waals surface area contributed by atoms with Crippen LogP contribution in [0.2, 0.25) is 0 Å². The molecular formula is C9H14F2N2. The Morgan fingerprint density at radius 3 is 2.85 bits per heavy atom. The summed E-state index contributed by atoms with van der Waals surface area (Å²) < 4.78 is 25.6. The van der Waals surface area contributed by atoms with Gasteiger partial charge in [-0.05, 0) is 25.1 Å². The normalized spacial score (nSPS) is 11.1. The molecule has 0 aliphatic rings. The van der Waals surface area contributed by atoms with Crippen LogP contribution in [0.1, 0.15) is 12.1 Å². The van der Waals surface area contributed by atoms with Gasteiger partial charge in [0.05, 0.1) is 0 Å². The minimum absolute atomic E-state index is 0.0910. The van der Waals surface area contributed by atoms with Gasteiger partial charge in [-0.2, -0.15) is 0 Å². The second-order valence-electron chi connectivity index (χ2n) is 2.91. The zero-order chi connectivity index (χ0) is 9.68. The lowest BCUT2D eigenvalue weighted by molar-refractivity contribution is 0.131. The predicted octanol–water partition coefficient (Wildman–Crippen LogP) is 1.64. The van der Waals surface area contributed by atoms with Crippen LogP contribution in [0.3, 0.4) is 0 Å². The van der Waals surface area contributed by atoms with Crippen molar-refractivity contribution in [2.24, 2.45) is 5.73 Å². The third-order valence-electron chi connectivity index (χ3n) is 1.91. The maximum atomic E-state index is 11.9. The SMILES string of the molecule is NCCc1cccn1CCC(F)F. The van der Waals surface area contributed by atoms with Crippen molar-refractivity contribution in [2.45, 2.75) is 25.8 Å². The monoisotopic (exact) mass is 188 g/mol. The van der Waals surface area contributed by atoms with Crippen LogP contribution < -0.4 is 5.73 Å². The molecule has 1 rings (SSSR count). The maximum Gasteiger partial charge on any atom is 0.240 e. The molecule has 0 radical (unpaired) electrons. The molecule has 2 nitrogen and oxygen atoms in total. The van der Waals surface area contributed by atoms with E-state index in [1.54, 1.807) is 0 Å². The van der Waals surface area contributed by atoms with Gasteiger partial charge in [-0.1, -0.05) is 0 Å². The van der Waals surface area contributed by atoms with Crippen molar-refractivity contribution in [3.63, 3.8) is 0 Å². The van der Waals surface area contributed by atoms with Crippen LogP contribution in [-0.2, 0) is 13.0 Å². The lowest BCUT2D eigenvalue weighted by atomic mass is 10.3. The highest BCUT2D eigenvalue weighted by Crippen LogP contribution is 2.07. The number of halogens is 2. The van der Waals surface area contributed by atoms with E-state index in [1.807, 2.05) is 22.9 Å². The number of aryl methyl sites for hydroxylation is 1. The lowest BCUT2D eigenvalue weighted by Gasteiger charge is -2.07. The molecule has 74 valence electrons. The van der Waals surface area contributed by atoms with E-state index in [4.69, 9.17) is 5.73 Å². The zero-order valence-electron chi connectivity index (χ0n) is 7.42. The van der Waals surface area contributed by atoms with Gasteiger partial charge in [0.15, 0.2) is 0 Å². The Bertz CT molecular complexity index is 246. The topological polar surface area (TPSA) is 30.9 Å².